The molecule has 2 N–H and O–H groups in total. The van der Waals surface area contributed by atoms with Crippen LogP contribution in [0.25, 0.3) is 0 Å². The molecule has 2 rings (SSSR count). The summed E-state index contributed by atoms with van der Waals surface area (Å²) >= 11 is 11.9. The van der Waals surface area contributed by atoms with Crippen molar-refractivity contribution >= 4 is 46.4 Å². The highest BCUT2D eigenvalue weighted by Crippen LogP contribution is 2.28. The van der Waals surface area contributed by atoms with Crippen molar-refractivity contribution < 1.29 is 14.3 Å². The van der Waals surface area contributed by atoms with Crippen LogP contribution in [0.5, 0.6) is 5.75 Å². The Morgan fingerprint density at radius 2 is 1.77 bits per heavy atom. The maximum absolute atomic E-state index is 12.3. The number of carbonyl (C=O) groups is 2. The van der Waals surface area contributed by atoms with Crippen LogP contribution in [-0.4, -0.2) is 17.9 Å². The maximum atomic E-state index is 12.3. The molecule has 0 radical (unpaired) electrons. The second-order valence-electron chi connectivity index (χ2n) is 5.70. The molecule has 0 aliphatic carbocycles. The largest absolute Gasteiger partial charge is 0.479 e. The Morgan fingerprint density at radius 3 is 2.42 bits per heavy atom. The van der Waals surface area contributed by atoms with Gasteiger partial charge in [-0.05, 0) is 49.7 Å². The number of benzene rings is 2. The zero-order valence-electron chi connectivity index (χ0n) is 14.5. The third kappa shape index (κ3) is 5.93. The molecule has 0 saturated carbocycles. The monoisotopic (exact) mass is 394 g/mol. The normalized spacial score (nSPS) is 11.5. The lowest BCUT2D eigenvalue weighted by molar-refractivity contribution is -0.122. The van der Waals surface area contributed by atoms with E-state index in [1.54, 1.807) is 49.4 Å². The van der Waals surface area contributed by atoms with Gasteiger partial charge in [0.2, 0.25) is 5.91 Å². The molecule has 138 valence electrons. The van der Waals surface area contributed by atoms with Crippen molar-refractivity contribution in [3.05, 3.63) is 52.5 Å². The van der Waals surface area contributed by atoms with Gasteiger partial charge in [0.05, 0.1) is 5.02 Å². The second kappa shape index (κ2) is 9.46. The van der Waals surface area contributed by atoms with Crippen LogP contribution in [0, 0.1) is 0 Å². The molecule has 0 spiro atoms. The van der Waals surface area contributed by atoms with Gasteiger partial charge in [-0.1, -0.05) is 36.2 Å². The summed E-state index contributed by atoms with van der Waals surface area (Å²) in [4.78, 5) is 24.0. The van der Waals surface area contributed by atoms with E-state index in [2.05, 4.69) is 10.6 Å². The minimum Gasteiger partial charge on any atom is -0.479 e. The van der Waals surface area contributed by atoms with Gasteiger partial charge in [-0.2, -0.15) is 0 Å². The Hall–Kier alpha value is -2.24. The Labute approximate surface area is 162 Å². The summed E-state index contributed by atoms with van der Waals surface area (Å²) in [5, 5.41) is 6.36. The van der Waals surface area contributed by atoms with Crippen LogP contribution in [-0.2, 0) is 9.59 Å². The van der Waals surface area contributed by atoms with E-state index in [4.69, 9.17) is 27.9 Å². The maximum Gasteiger partial charge on any atom is 0.265 e. The zero-order valence-corrected chi connectivity index (χ0v) is 16.0. The van der Waals surface area contributed by atoms with Gasteiger partial charge < -0.3 is 15.4 Å². The lowest BCUT2D eigenvalue weighted by atomic mass is 10.2. The van der Waals surface area contributed by atoms with Crippen molar-refractivity contribution in [1.29, 1.82) is 0 Å². The number of hydrogen-bond acceptors (Lipinski definition) is 3. The third-order valence-corrected chi connectivity index (χ3v) is 3.99. The van der Waals surface area contributed by atoms with Crippen LogP contribution < -0.4 is 15.4 Å². The molecule has 0 saturated heterocycles. The average Bonchev–Trinajstić information content (AvgIpc) is 2.57. The first kappa shape index (κ1) is 20.1. The fourth-order valence-corrected chi connectivity index (χ4v) is 2.64. The van der Waals surface area contributed by atoms with E-state index < -0.39 is 6.10 Å². The van der Waals surface area contributed by atoms with E-state index in [1.807, 2.05) is 6.92 Å². The van der Waals surface area contributed by atoms with Crippen LogP contribution in [0.15, 0.2) is 42.5 Å². The Balaban J connectivity index is 1.99. The Morgan fingerprint density at radius 1 is 1.08 bits per heavy atom. The van der Waals surface area contributed by atoms with Gasteiger partial charge in [0, 0.05) is 22.8 Å². The van der Waals surface area contributed by atoms with Crippen molar-refractivity contribution in [1.82, 2.24) is 0 Å². The van der Waals surface area contributed by atoms with E-state index >= 15 is 0 Å². The summed E-state index contributed by atoms with van der Waals surface area (Å²) in [5.41, 5.74) is 1.18. The third-order valence-electron chi connectivity index (χ3n) is 3.46. The van der Waals surface area contributed by atoms with E-state index in [0.717, 1.165) is 6.42 Å². The lowest BCUT2D eigenvalue weighted by Crippen LogP contribution is -2.30. The highest BCUT2D eigenvalue weighted by atomic mass is 35.5. The SMILES string of the molecule is CCCC(=O)Nc1cccc(NC(=O)C(C)Oc2ccc(Cl)cc2Cl)c1. The second-order valence-corrected chi connectivity index (χ2v) is 6.55. The molecule has 2 aromatic carbocycles. The van der Waals surface area contributed by atoms with E-state index in [9.17, 15) is 9.59 Å². The quantitative estimate of drug-likeness (QED) is 0.682. The summed E-state index contributed by atoms with van der Waals surface area (Å²) in [6.07, 6.45) is 0.445. The first-order valence-corrected chi connectivity index (χ1v) is 8.97. The molecular weight excluding hydrogens is 375 g/mol. The van der Waals surface area contributed by atoms with Crippen LogP contribution in [0.3, 0.4) is 0 Å². The molecule has 0 aliphatic rings. The van der Waals surface area contributed by atoms with Crippen molar-refractivity contribution in [2.75, 3.05) is 10.6 Å². The number of nitrogens with one attached hydrogen (secondary N) is 2. The van der Waals surface area contributed by atoms with E-state index in [-0.39, 0.29) is 11.8 Å². The molecule has 2 amide bonds. The van der Waals surface area contributed by atoms with Crippen molar-refractivity contribution in [3.8, 4) is 5.75 Å². The van der Waals surface area contributed by atoms with E-state index in [0.29, 0.717) is 33.6 Å². The van der Waals surface area contributed by atoms with Gasteiger partial charge in [-0.25, -0.2) is 0 Å². The molecule has 0 bridgehead atoms. The van der Waals surface area contributed by atoms with Crippen LogP contribution in [0.4, 0.5) is 11.4 Å². The average molecular weight is 395 g/mol. The zero-order chi connectivity index (χ0) is 19.1. The number of halogens is 2. The first-order valence-electron chi connectivity index (χ1n) is 8.21. The van der Waals surface area contributed by atoms with Crippen LogP contribution in [0.1, 0.15) is 26.7 Å². The molecule has 1 atom stereocenters. The van der Waals surface area contributed by atoms with Gasteiger partial charge >= 0.3 is 0 Å². The molecule has 7 heteroatoms. The van der Waals surface area contributed by atoms with Crippen LogP contribution in [0.2, 0.25) is 10.0 Å². The lowest BCUT2D eigenvalue weighted by Gasteiger charge is -2.16. The number of anilines is 2. The molecule has 2 aromatic rings. The van der Waals surface area contributed by atoms with Gasteiger partial charge in [0.15, 0.2) is 6.10 Å². The number of amides is 2. The highest BCUT2D eigenvalue weighted by Gasteiger charge is 2.16. The molecule has 0 fully saturated rings. The summed E-state index contributed by atoms with van der Waals surface area (Å²) in [6, 6.07) is 11.7. The van der Waals surface area contributed by atoms with Gasteiger partial charge in [0.25, 0.3) is 5.91 Å². The summed E-state index contributed by atoms with van der Waals surface area (Å²) in [7, 11) is 0. The minimum atomic E-state index is -0.771. The van der Waals surface area contributed by atoms with Crippen molar-refractivity contribution in [2.45, 2.75) is 32.8 Å². The fraction of sp³-hybridized carbons (Fsp3) is 0.263. The Bertz CT molecular complexity index is 796. The molecule has 5 nitrogen and oxygen atoms in total. The summed E-state index contributed by atoms with van der Waals surface area (Å²) in [6.45, 7) is 3.55. The molecule has 0 aliphatic heterocycles. The summed E-state index contributed by atoms with van der Waals surface area (Å²) < 4.78 is 5.59. The van der Waals surface area contributed by atoms with Gasteiger partial charge in [0.1, 0.15) is 5.75 Å². The summed E-state index contributed by atoms with van der Waals surface area (Å²) in [5.74, 6) is -0.0302. The topological polar surface area (TPSA) is 67.4 Å². The number of hydrogen-bond donors (Lipinski definition) is 2. The molecular formula is C19H20Cl2N2O3. The van der Waals surface area contributed by atoms with Gasteiger partial charge in [-0.3, -0.25) is 9.59 Å². The predicted molar refractivity (Wildman–Crippen MR) is 105 cm³/mol. The van der Waals surface area contributed by atoms with Crippen molar-refractivity contribution in [3.63, 3.8) is 0 Å². The minimum absolute atomic E-state index is 0.0648. The smallest absolute Gasteiger partial charge is 0.265 e. The molecule has 0 heterocycles. The Kier molecular flexibility index (Phi) is 7.30. The van der Waals surface area contributed by atoms with Gasteiger partial charge in [-0.15, -0.1) is 0 Å². The standard InChI is InChI=1S/C19H20Cl2N2O3/c1-3-5-18(24)22-14-6-4-7-15(11-14)23-19(25)12(2)26-17-9-8-13(20)10-16(17)21/h4,6-12H,3,5H2,1-2H3,(H,22,24)(H,23,25). The molecule has 1 unspecified atom stereocenters. The highest BCUT2D eigenvalue weighted by molar-refractivity contribution is 6.35. The fourth-order valence-electron chi connectivity index (χ4n) is 2.18. The van der Waals surface area contributed by atoms with Crippen molar-refractivity contribution in [2.24, 2.45) is 0 Å². The first-order chi connectivity index (χ1) is 12.4. The number of rotatable bonds is 7. The van der Waals surface area contributed by atoms with Crippen LogP contribution >= 0.6 is 23.2 Å². The molecule has 26 heavy (non-hydrogen) atoms. The van der Waals surface area contributed by atoms with E-state index in [1.165, 1.54) is 0 Å². The molecule has 0 aromatic heterocycles. The predicted octanol–water partition coefficient (Wildman–Crippen LogP) is 5.14. The number of carbonyl (C=O) groups excluding carboxylic acids is 2. The number of ether oxygens (including phenoxy) is 1.